The molecule has 2 rings (SSSR count). The third kappa shape index (κ3) is 4.32. The minimum atomic E-state index is 0.679. The van der Waals surface area contributed by atoms with Crippen LogP contribution in [-0.4, -0.2) is 13.2 Å². The third-order valence-electron chi connectivity index (χ3n) is 2.91. The summed E-state index contributed by atoms with van der Waals surface area (Å²) in [6, 6.07) is 18.1. The Labute approximate surface area is 115 Å². The van der Waals surface area contributed by atoms with E-state index in [1.807, 2.05) is 48.5 Å². The SMILES string of the molecule is CCc1ccccc1OCCCOc1ccccc1. The van der Waals surface area contributed by atoms with Crippen LogP contribution in [0.25, 0.3) is 0 Å². The lowest BCUT2D eigenvalue weighted by Gasteiger charge is -2.10. The van der Waals surface area contributed by atoms with E-state index in [4.69, 9.17) is 9.47 Å². The van der Waals surface area contributed by atoms with E-state index in [1.54, 1.807) is 0 Å². The molecule has 0 radical (unpaired) electrons. The summed E-state index contributed by atoms with van der Waals surface area (Å²) in [6.07, 6.45) is 1.88. The second kappa shape index (κ2) is 7.47. The molecule has 0 N–H and O–H groups in total. The van der Waals surface area contributed by atoms with Crippen LogP contribution in [0.3, 0.4) is 0 Å². The summed E-state index contributed by atoms with van der Waals surface area (Å²) < 4.78 is 11.4. The molecule has 0 aliphatic carbocycles. The third-order valence-corrected chi connectivity index (χ3v) is 2.91. The highest BCUT2D eigenvalue weighted by atomic mass is 16.5. The predicted octanol–water partition coefficient (Wildman–Crippen LogP) is 4.10. The summed E-state index contributed by atoms with van der Waals surface area (Å²) in [7, 11) is 0. The second-order valence-corrected chi connectivity index (χ2v) is 4.32. The molecule has 0 atom stereocenters. The van der Waals surface area contributed by atoms with E-state index >= 15 is 0 Å². The average molecular weight is 256 g/mol. The van der Waals surface area contributed by atoms with Gasteiger partial charge >= 0.3 is 0 Å². The minimum Gasteiger partial charge on any atom is -0.493 e. The molecule has 2 nitrogen and oxygen atoms in total. The highest BCUT2D eigenvalue weighted by Gasteiger charge is 2.00. The van der Waals surface area contributed by atoms with E-state index < -0.39 is 0 Å². The number of benzene rings is 2. The van der Waals surface area contributed by atoms with Gasteiger partial charge in [-0.05, 0) is 30.2 Å². The van der Waals surface area contributed by atoms with Crippen molar-refractivity contribution in [2.24, 2.45) is 0 Å². The van der Waals surface area contributed by atoms with Crippen molar-refractivity contribution >= 4 is 0 Å². The van der Waals surface area contributed by atoms with Crippen LogP contribution in [0.5, 0.6) is 11.5 Å². The molecule has 2 aromatic rings. The molecule has 100 valence electrons. The Bertz CT molecular complexity index is 480. The largest absolute Gasteiger partial charge is 0.493 e. The molecule has 0 bridgehead atoms. The normalized spacial score (nSPS) is 10.2. The maximum atomic E-state index is 5.79. The fourth-order valence-corrected chi connectivity index (χ4v) is 1.88. The van der Waals surface area contributed by atoms with E-state index in [2.05, 4.69) is 13.0 Å². The molecule has 0 saturated carbocycles. The first-order chi connectivity index (χ1) is 9.40. The number of rotatable bonds is 7. The van der Waals surface area contributed by atoms with Crippen molar-refractivity contribution in [2.45, 2.75) is 19.8 Å². The number of ether oxygens (including phenoxy) is 2. The molecule has 0 heterocycles. The van der Waals surface area contributed by atoms with Gasteiger partial charge in [-0.25, -0.2) is 0 Å². The molecule has 0 saturated heterocycles. The van der Waals surface area contributed by atoms with Crippen LogP contribution in [0.2, 0.25) is 0 Å². The summed E-state index contributed by atoms with van der Waals surface area (Å²) in [5.41, 5.74) is 1.26. The number of para-hydroxylation sites is 2. The van der Waals surface area contributed by atoms with Crippen molar-refractivity contribution in [3.8, 4) is 11.5 Å². The van der Waals surface area contributed by atoms with E-state index in [-0.39, 0.29) is 0 Å². The Morgan fingerprint density at radius 1 is 0.789 bits per heavy atom. The second-order valence-electron chi connectivity index (χ2n) is 4.32. The molecule has 2 aromatic carbocycles. The molecule has 2 heteroatoms. The zero-order chi connectivity index (χ0) is 13.3. The van der Waals surface area contributed by atoms with E-state index in [0.717, 1.165) is 24.3 Å². The summed E-state index contributed by atoms with van der Waals surface area (Å²) in [4.78, 5) is 0. The first-order valence-electron chi connectivity index (χ1n) is 6.78. The lowest BCUT2D eigenvalue weighted by molar-refractivity contribution is 0.246. The minimum absolute atomic E-state index is 0.679. The van der Waals surface area contributed by atoms with Gasteiger partial charge in [0.15, 0.2) is 0 Å². The van der Waals surface area contributed by atoms with Crippen LogP contribution in [0.1, 0.15) is 18.9 Å². The Morgan fingerprint density at radius 3 is 2.26 bits per heavy atom. The molecule has 19 heavy (non-hydrogen) atoms. The van der Waals surface area contributed by atoms with Crippen LogP contribution in [0.4, 0.5) is 0 Å². The zero-order valence-corrected chi connectivity index (χ0v) is 11.3. The van der Waals surface area contributed by atoms with Crippen LogP contribution in [-0.2, 0) is 6.42 Å². The quantitative estimate of drug-likeness (QED) is 0.694. The van der Waals surface area contributed by atoms with Gasteiger partial charge < -0.3 is 9.47 Å². The van der Waals surface area contributed by atoms with Crippen LogP contribution in [0.15, 0.2) is 54.6 Å². The first-order valence-corrected chi connectivity index (χ1v) is 6.78. The molecule has 0 aromatic heterocycles. The van der Waals surface area contributed by atoms with Gasteiger partial charge in [-0.2, -0.15) is 0 Å². The van der Waals surface area contributed by atoms with Crippen molar-refractivity contribution in [3.05, 3.63) is 60.2 Å². The highest BCUT2D eigenvalue weighted by molar-refractivity contribution is 5.33. The van der Waals surface area contributed by atoms with Gasteiger partial charge in [-0.1, -0.05) is 43.3 Å². The smallest absolute Gasteiger partial charge is 0.122 e. The summed E-state index contributed by atoms with van der Waals surface area (Å²) in [5.74, 6) is 1.90. The standard InChI is InChI=1S/C17H20O2/c1-2-15-9-6-7-12-17(15)19-14-8-13-18-16-10-4-3-5-11-16/h3-7,9-12H,2,8,13-14H2,1H3. The molecule has 0 aliphatic rings. The van der Waals surface area contributed by atoms with Gasteiger partial charge in [0.1, 0.15) is 11.5 Å². The van der Waals surface area contributed by atoms with Crippen molar-refractivity contribution in [2.75, 3.05) is 13.2 Å². The van der Waals surface area contributed by atoms with E-state index in [1.165, 1.54) is 5.56 Å². The van der Waals surface area contributed by atoms with Crippen LogP contribution < -0.4 is 9.47 Å². The van der Waals surface area contributed by atoms with Gasteiger partial charge in [0.05, 0.1) is 13.2 Å². The summed E-state index contributed by atoms with van der Waals surface area (Å²) in [6.45, 7) is 3.50. The van der Waals surface area contributed by atoms with Crippen molar-refractivity contribution in [3.63, 3.8) is 0 Å². The van der Waals surface area contributed by atoms with Gasteiger partial charge in [-0.15, -0.1) is 0 Å². The van der Waals surface area contributed by atoms with Gasteiger partial charge in [-0.3, -0.25) is 0 Å². The average Bonchev–Trinajstić information content (AvgIpc) is 2.48. The summed E-state index contributed by atoms with van der Waals surface area (Å²) >= 11 is 0. The highest BCUT2D eigenvalue weighted by Crippen LogP contribution is 2.18. The van der Waals surface area contributed by atoms with E-state index in [0.29, 0.717) is 13.2 Å². The molecule has 0 spiro atoms. The van der Waals surface area contributed by atoms with Gasteiger partial charge in [0.25, 0.3) is 0 Å². The predicted molar refractivity (Wildman–Crippen MR) is 77.9 cm³/mol. The Hall–Kier alpha value is -1.96. The van der Waals surface area contributed by atoms with Crippen molar-refractivity contribution in [1.82, 2.24) is 0 Å². The fraction of sp³-hybridized carbons (Fsp3) is 0.294. The maximum absolute atomic E-state index is 5.79. The topological polar surface area (TPSA) is 18.5 Å². The zero-order valence-electron chi connectivity index (χ0n) is 11.3. The monoisotopic (exact) mass is 256 g/mol. The maximum Gasteiger partial charge on any atom is 0.122 e. The lowest BCUT2D eigenvalue weighted by Crippen LogP contribution is -2.05. The number of hydrogen-bond acceptors (Lipinski definition) is 2. The van der Waals surface area contributed by atoms with E-state index in [9.17, 15) is 0 Å². The molecule has 0 unspecified atom stereocenters. The summed E-state index contributed by atoms with van der Waals surface area (Å²) in [5, 5.41) is 0. The van der Waals surface area contributed by atoms with Gasteiger partial charge in [0, 0.05) is 6.42 Å². The molecule has 0 fully saturated rings. The molecular formula is C17H20O2. The van der Waals surface area contributed by atoms with Crippen LogP contribution in [0, 0.1) is 0 Å². The Kier molecular flexibility index (Phi) is 5.30. The van der Waals surface area contributed by atoms with Crippen molar-refractivity contribution < 1.29 is 9.47 Å². The number of aryl methyl sites for hydroxylation is 1. The Balaban J connectivity index is 1.69. The van der Waals surface area contributed by atoms with Gasteiger partial charge in [0.2, 0.25) is 0 Å². The fourth-order valence-electron chi connectivity index (χ4n) is 1.88. The van der Waals surface area contributed by atoms with Crippen molar-refractivity contribution in [1.29, 1.82) is 0 Å². The Morgan fingerprint density at radius 2 is 1.47 bits per heavy atom. The molecular weight excluding hydrogens is 236 g/mol. The number of hydrogen-bond donors (Lipinski definition) is 0. The lowest BCUT2D eigenvalue weighted by atomic mass is 10.1. The first kappa shape index (κ1) is 13.5. The molecule has 0 aliphatic heterocycles. The van der Waals surface area contributed by atoms with Crippen LogP contribution >= 0.6 is 0 Å². The molecule has 0 amide bonds.